The van der Waals surface area contributed by atoms with Crippen LogP contribution in [-0.4, -0.2) is 42.2 Å². The number of carboxylic acid groups (broad SMARTS) is 1. The lowest BCUT2D eigenvalue weighted by molar-refractivity contribution is -0.140. The average molecular weight is 249 g/mol. The van der Waals surface area contributed by atoms with Crippen molar-refractivity contribution in [2.75, 3.05) is 11.1 Å². The van der Waals surface area contributed by atoms with Crippen molar-refractivity contribution in [1.82, 2.24) is 5.32 Å². The topological polar surface area (TPSA) is 66.4 Å². The number of carbonyl (C=O) groups is 2. The lowest BCUT2D eigenvalue weighted by Gasteiger charge is -2.17. The maximum absolute atomic E-state index is 10.8. The molecule has 1 amide bonds. The molecule has 0 aromatic heterocycles. The highest BCUT2D eigenvalue weighted by atomic mass is 32.2. The molecule has 0 rings (SSSR count). The van der Waals surface area contributed by atoms with Crippen LogP contribution in [0.25, 0.3) is 0 Å². The summed E-state index contributed by atoms with van der Waals surface area (Å²) < 4.78 is 0. The smallest absolute Gasteiger partial charge is 0.327 e. The third-order valence-corrected chi connectivity index (χ3v) is 6.34. The van der Waals surface area contributed by atoms with E-state index in [0.29, 0.717) is 5.75 Å². The third kappa shape index (κ3) is 8.50. The first-order valence-corrected chi connectivity index (χ1v) is 9.66. The zero-order valence-corrected chi connectivity index (χ0v) is 11.5. The number of hydrogen-bond acceptors (Lipinski definition) is 3. The largest absolute Gasteiger partial charge is 0.480 e. The van der Waals surface area contributed by atoms with E-state index in [0.717, 1.165) is 5.38 Å². The van der Waals surface area contributed by atoms with Crippen LogP contribution < -0.4 is 5.32 Å². The molecular formula is C9H19NO3SSi. The van der Waals surface area contributed by atoms with Gasteiger partial charge in [0, 0.05) is 12.7 Å². The highest BCUT2D eigenvalue weighted by Gasteiger charge is 2.20. The normalized spacial score (nSPS) is 13.3. The number of amides is 1. The van der Waals surface area contributed by atoms with Crippen molar-refractivity contribution in [3.8, 4) is 0 Å². The Labute approximate surface area is 95.8 Å². The Balaban J connectivity index is 3.98. The molecule has 0 saturated carbocycles. The van der Waals surface area contributed by atoms with Crippen molar-refractivity contribution in [3.63, 3.8) is 0 Å². The SMILES string of the molecule is CC(=O)NC(CSC[Si](C)(C)C)C(=O)O. The molecule has 0 saturated heterocycles. The van der Waals surface area contributed by atoms with Gasteiger partial charge in [0.2, 0.25) is 5.91 Å². The molecule has 0 spiro atoms. The van der Waals surface area contributed by atoms with Crippen LogP contribution in [0.1, 0.15) is 6.92 Å². The Morgan fingerprint density at radius 3 is 2.27 bits per heavy atom. The number of carbonyl (C=O) groups excluding carboxylic acids is 1. The van der Waals surface area contributed by atoms with Crippen LogP contribution in [0.4, 0.5) is 0 Å². The van der Waals surface area contributed by atoms with Gasteiger partial charge in [0.05, 0.1) is 8.07 Å². The molecule has 0 aliphatic heterocycles. The van der Waals surface area contributed by atoms with E-state index in [4.69, 9.17) is 5.11 Å². The maximum Gasteiger partial charge on any atom is 0.327 e. The quantitative estimate of drug-likeness (QED) is 0.694. The predicted molar refractivity (Wildman–Crippen MR) is 65.9 cm³/mol. The van der Waals surface area contributed by atoms with E-state index < -0.39 is 20.1 Å². The van der Waals surface area contributed by atoms with Gasteiger partial charge in [-0.1, -0.05) is 19.6 Å². The Morgan fingerprint density at radius 2 is 1.93 bits per heavy atom. The van der Waals surface area contributed by atoms with Crippen molar-refractivity contribution >= 4 is 31.7 Å². The molecule has 0 radical (unpaired) electrons. The van der Waals surface area contributed by atoms with Crippen molar-refractivity contribution in [3.05, 3.63) is 0 Å². The van der Waals surface area contributed by atoms with E-state index >= 15 is 0 Å². The molecule has 0 aromatic carbocycles. The van der Waals surface area contributed by atoms with Gasteiger partial charge in [-0.05, 0) is 5.38 Å². The highest BCUT2D eigenvalue weighted by molar-refractivity contribution is 8.00. The van der Waals surface area contributed by atoms with Crippen molar-refractivity contribution in [2.24, 2.45) is 0 Å². The third-order valence-electron chi connectivity index (χ3n) is 1.50. The van der Waals surface area contributed by atoms with E-state index in [1.165, 1.54) is 6.92 Å². The van der Waals surface area contributed by atoms with Crippen molar-refractivity contribution in [1.29, 1.82) is 0 Å². The van der Waals surface area contributed by atoms with Gasteiger partial charge in [0.15, 0.2) is 0 Å². The summed E-state index contributed by atoms with van der Waals surface area (Å²) >= 11 is 1.60. The molecule has 0 fully saturated rings. The first kappa shape index (κ1) is 14.5. The van der Waals surface area contributed by atoms with Crippen molar-refractivity contribution < 1.29 is 14.7 Å². The van der Waals surface area contributed by atoms with Gasteiger partial charge >= 0.3 is 5.97 Å². The summed E-state index contributed by atoms with van der Waals surface area (Å²) in [5.41, 5.74) is 0. The molecular weight excluding hydrogens is 230 g/mol. The van der Waals surface area contributed by atoms with Crippen LogP contribution in [-0.2, 0) is 9.59 Å². The standard InChI is InChI=1S/C9H19NO3SSi/c1-7(11)10-8(9(12)13)5-14-6-15(2,3)4/h8H,5-6H2,1-4H3,(H,10,11)(H,12,13). The number of aliphatic carboxylic acids is 1. The fraction of sp³-hybridized carbons (Fsp3) is 0.778. The minimum absolute atomic E-state index is 0.295. The summed E-state index contributed by atoms with van der Waals surface area (Å²) in [5.74, 6) is -0.816. The van der Waals surface area contributed by atoms with Gasteiger partial charge in [0.25, 0.3) is 0 Å². The molecule has 0 aromatic rings. The lowest BCUT2D eigenvalue weighted by Crippen LogP contribution is -2.42. The fourth-order valence-electron chi connectivity index (χ4n) is 0.903. The summed E-state index contributed by atoms with van der Waals surface area (Å²) in [7, 11) is -1.14. The van der Waals surface area contributed by atoms with E-state index in [2.05, 4.69) is 25.0 Å². The Hall–Kier alpha value is -0.493. The molecule has 2 N–H and O–H groups in total. The number of nitrogens with one attached hydrogen (secondary N) is 1. The number of hydrogen-bond donors (Lipinski definition) is 2. The minimum Gasteiger partial charge on any atom is -0.480 e. The average Bonchev–Trinajstić information content (AvgIpc) is 1.99. The minimum atomic E-state index is -1.14. The molecule has 15 heavy (non-hydrogen) atoms. The first-order chi connectivity index (χ1) is 6.72. The zero-order valence-electron chi connectivity index (χ0n) is 9.66. The Kier molecular flexibility index (Phi) is 5.97. The van der Waals surface area contributed by atoms with E-state index in [1.807, 2.05) is 0 Å². The summed E-state index contributed by atoms with van der Waals surface area (Å²) in [4.78, 5) is 21.5. The molecule has 4 nitrogen and oxygen atoms in total. The molecule has 0 heterocycles. The molecule has 0 aliphatic rings. The van der Waals surface area contributed by atoms with Gasteiger partial charge in [-0.25, -0.2) is 4.79 Å². The van der Waals surface area contributed by atoms with Gasteiger partial charge in [-0.15, -0.1) is 0 Å². The summed E-state index contributed by atoms with van der Waals surface area (Å²) in [5, 5.41) is 12.3. The second-order valence-electron chi connectivity index (χ2n) is 4.67. The van der Waals surface area contributed by atoms with E-state index in [-0.39, 0.29) is 5.91 Å². The van der Waals surface area contributed by atoms with Gasteiger partial charge in [-0.2, -0.15) is 11.8 Å². The Bertz CT molecular complexity index is 240. The van der Waals surface area contributed by atoms with Crippen LogP contribution in [0.2, 0.25) is 19.6 Å². The van der Waals surface area contributed by atoms with Crippen LogP contribution >= 0.6 is 11.8 Å². The molecule has 0 aliphatic carbocycles. The second-order valence-corrected chi connectivity index (χ2v) is 11.7. The van der Waals surface area contributed by atoms with Crippen LogP contribution in [0.3, 0.4) is 0 Å². The van der Waals surface area contributed by atoms with Gasteiger partial charge in [0.1, 0.15) is 6.04 Å². The summed E-state index contributed by atoms with van der Waals surface area (Å²) in [6.07, 6.45) is 0. The monoisotopic (exact) mass is 249 g/mol. The van der Waals surface area contributed by atoms with E-state index in [9.17, 15) is 9.59 Å². The summed E-state index contributed by atoms with van der Waals surface area (Å²) in [6, 6.07) is -0.760. The van der Waals surface area contributed by atoms with Gasteiger partial charge < -0.3 is 10.4 Å². The molecule has 0 bridgehead atoms. The number of thioether (sulfide) groups is 1. The van der Waals surface area contributed by atoms with Crippen LogP contribution in [0.15, 0.2) is 0 Å². The summed E-state index contributed by atoms with van der Waals surface area (Å²) in [6.45, 7) is 8.02. The van der Waals surface area contributed by atoms with Crippen LogP contribution in [0.5, 0.6) is 0 Å². The van der Waals surface area contributed by atoms with Crippen LogP contribution in [0, 0.1) is 0 Å². The molecule has 1 atom stereocenters. The lowest BCUT2D eigenvalue weighted by atomic mass is 10.3. The number of rotatable bonds is 6. The Morgan fingerprint density at radius 1 is 1.40 bits per heavy atom. The molecule has 88 valence electrons. The van der Waals surface area contributed by atoms with E-state index in [1.54, 1.807) is 11.8 Å². The molecule has 1 unspecified atom stereocenters. The second kappa shape index (κ2) is 6.17. The molecule has 6 heteroatoms. The van der Waals surface area contributed by atoms with Crippen molar-refractivity contribution in [2.45, 2.75) is 32.6 Å². The van der Waals surface area contributed by atoms with Gasteiger partial charge in [-0.3, -0.25) is 4.79 Å². The predicted octanol–water partition coefficient (Wildman–Crippen LogP) is 1.19. The zero-order chi connectivity index (χ0) is 12.1. The number of carboxylic acids is 1. The highest BCUT2D eigenvalue weighted by Crippen LogP contribution is 2.12. The fourth-order valence-corrected chi connectivity index (χ4v) is 4.29. The first-order valence-electron chi connectivity index (χ1n) is 4.80. The maximum atomic E-state index is 10.8.